The summed E-state index contributed by atoms with van der Waals surface area (Å²) < 4.78 is 0. The van der Waals surface area contributed by atoms with Crippen molar-refractivity contribution >= 4 is 29.9 Å². The molecular formula is C19H27IN4O. The van der Waals surface area contributed by atoms with E-state index in [4.69, 9.17) is 0 Å². The highest BCUT2D eigenvalue weighted by Crippen LogP contribution is 2.14. The summed E-state index contributed by atoms with van der Waals surface area (Å²) in [5.74, 6) is 0.737. The minimum absolute atomic E-state index is 0. The Morgan fingerprint density at radius 2 is 1.88 bits per heavy atom. The third-order valence-corrected chi connectivity index (χ3v) is 3.58. The van der Waals surface area contributed by atoms with E-state index in [1.54, 1.807) is 0 Å². The van der Waals surface area contributed by atoms with Crippen LogP contribution in [0.5, 0.6) is 0 Å². The number of nitrogens with zero attached hydrogens (tertiary/aromatic N) is 2. The van der Waals surface area contributed by atoms with Crippen LogP contribution in [0.25, 0.3) is 0 Å². The van der Waals surface area contributed by atoms with E-state index in [0.717, 1.165) is 29.5 Å². The van der Waals surface area contributed by atoms with Gasteiger partial charge in [0.25, 0.3) is 0 Å². The lowest BCUT2D eigenvalue weighted by Crippen LogP contribution is -2.38. The zero-order chi connectivity index (χ0) is 17.2. The molecule has 3 N–H and O–H groups in total. The molecule has 1 atom stereocenters. The fourth-order valence-electron chi connectivity index (χ4n) is 2.36. The van der Waals surface area contributed by atoms with E-state index in [2.05, 4.69) is 20.6 Å². The summed E-state index contributed by atoms with van der Waals surface area (Å²) in [5.41, 5.74) is 2.87. The zero-order valence-corrected chi connectivity index (χ0v) is 17.1. The summed E-state index contributed by atoms with van der Waals surface area (Å²) in [6, 6.07) is 15.6. The smallest absolute Gasteiger partial charge is 0.191 e. The Bertz CT molecular complexity index is 649. The summed E-state index contributed by atoms with van der Waals surface area (Å²) in [6.07, 6.45) is 0.150. The van der Waals surface area contributed by atoms with E-state index >= 15 is 0 Å². The molecule has 0 saturated heterocycles. The van der Waals surface area contributed by atoms with Gasteiger partial charge >= 0.3 is 0 Å². The van der Waals surface area contributed by atoms with Crippen LogP contribution in [0, 0.1) is 6.92 Å². The Hall–Kier alpha value is -1.67. The number of aliphatic hydroxyl groups is 1. The normalized spacial score (nSPS) is 12.2. The molecule has 0 saturated carbocycles. The van der Waals surface area contributed by atoms with Gasteiger partial charge in [0.05, 0.1) is 18.3 Å². The van der Waals surface area contributed by atoms with Gasteiger partial charge in [0.1, 0.15) is 0 Å². The highest BCUT2D eigenvalue weighted by atomic mass is 127. The Balaban J connectivity index is 0.00000312. The number of rotatable bonds is 7. The van der Waals surface area contributed by atoms with E-state index in [1.165, 1.54) is 0 Å². The van der Waals surface area contributed by atoms with Crippen LogP contribution in [0.1, 0.15) is 36.4 Å². The number of aromatic nitrogens is 1. The highest BCUT2D eigenvalue weighted by molar-refractivity contribution is 14.0. The summed E-state index contributed by atoms with van der Waals surface area (Å²) in [4.78, 5) is 9.00. The number of halogens is 1. The summed E-state index contributed by atoms with van der Waals surface area (Å²) in [5, 5.41) is 16.7. The van der Waals surface area contributed by atoms with Crippen molar-refractivity contribution in [2.75, 3.05) is 13.1 Å². The second-order valence-electron chi connectivity index (χ2n) is 5.61. The standard InChI is InChI=1S/C19H26N4O.HI/c1-3-20-19(22-14-17-11-7-8-15(2)23-17)21-13-12-18(24)16-9-5-4-6-10-16;/h4-11,18,24H,3,12-14H2,1-2H3,(H2,20,21,22);1H. The van der Waals surface area contributed by atoms with Crippen LogP contribution in [0.4, 0.5) is 0 Å². The van der Waals surface area contributed by atoms with E-state index < -0.39 is 6.10 Å². The van der Waals surface area contributed by atoms with Gasteiger partial charge in [-0.2, -0.15) is 0 Å². The highest BCUT2D eigenvalue weighted by Gasteiger charge is 2.07. The summed E-state index contributed by atoms with van der Waals surface area (Å²) in [7, 11) is 0. The molecule has 5 nitrogen and oxygen atoms in total. The molecule has 1 aromatic heterocycles. The van der Waals surface area contributed by atoms with Crippen molar-refractivity contribution in [2.24, 2.45) is 4.99 Å². The molecular weight excluding hydrogens is 427 g/mol. The van der Waals surface area contributed by atoms with Crippen LogP contribution in [-0.4, -0.2) is 29.1 Å². The number of nitrogens with one attached hydrogen (secondary N) is 2. The first-order valence-corrected chi connectivity index (χ1v) is 8.36. The first kappa shape index (κ1) is 21.4. The molecule has 0 aliphatic rings. The molecule has 1 unspecified atom stereocenters. The monoisotopic (exact) mass is 454 g/mol. The van der Waals surface area contributed by atoms with Crippen LogP contribution in [0.2, 0.25) is 0 Å². The van der Waals surface area contributed by atoms with Gasteiger partial charge in [0, 0.05) is 18.8 Å². The molecule has 0 bridgehead atoms. The van der Waals surface area contributed by atoms with Gasteiger partial charge < -0.3 is 15.7 Å². The second kappa shape index (κ2) is 11.8. The van der Waals surface area contributed by atoms with Gasteiger partial charge in [-0.1, -0.05) is 36.4 Å². The Labute approximate surface area is 167 Å². The molecule has 0 radical (unpaired) electrons. The predicted molar refractivity (Wildman–Crippen MR) is 113 cm³/mol. The molecule has 0 spiro atoms. The number of hydrogen-bond acceptors (Lipinski definition) is 3. The number of guanidine groups is 1. The van der Waals surface area contributed by atoms with Crippen LogP contribution in [-0.2, 0) is 6.54 Å². The van der Waals surface area contributed by atoms with Crippen molar-refractivity contribution in [3.63, 3.8) is 0 Å². The quantitative estimate of drug-likeness (QED) is 0.342. The lowest BCUT2D eigenvalue weighted by molar-refractivity contribution is 0.168. The van der Waals surface area contributed by atoms with Crippen LogP contribution in [0.3, 0.4) is 0 Å². The maximum atomic E-state index is 10.2. The first-order chi connectivity index (χ1) is 11.7. The molecule has 0 aliphatic heterocycles. The van der Waals surface area contributed by atoms with E-state index in [1.807, 2.05) is 62.4 Å². The molecule has 2 aromatic rings. The SMILES string of the molecule is CCNC(=NCc1cccc(C)n1)NCCC(O)c1ccccc1.I. The maximum absolute atomic E-state index is 10.2. The van der Waals surface area contributed by atoms with Gasteiger partial charge in [-0.15, -0.1) is 24.0 Å². The third kappa shape index (κ3) is 7.83. The van der Waals surface area contributed by atoms with Gasteiger partial charge in [-0.25, -0.2) is 4.99 Å². The molecule has 1 aromatic carbocycles. The fourth-order valence-corrected chi connectivity index (χ4v) is 2.36. The number of aliphatic imine (C=N–C) groups is 1. The van der Waals surface area contributed by atoms with Gasteiger partial charge in [0.2, 0.25) is 0 Å². The minimum Gasteiger partial charge on any atom is -0.388 e. The Morgan fingerprint density at radius 3 is 2.56 bits per heavy atom. The summed E-state index contributed by atoms with van der Waals surface area (Å²) >= 11 is 0. The topological polar surface area (TPSA) is 69.5 Å². The lowest BCUT2D eigenvalue weighted by Gasteiger charge is -2.14. The minimum atomic E-state index is -0.472. The van der Waals surface area contributed by atoms with Crippen molar-refractivity contribution in [3.05, 3.63) is 65.5 Å². The number of benzene rings is 1. The fraction of sp³-hybridized carbons (Fsp3) is 0.368. The number of aliphatic hydroxyl groups excluding tert-OH is 1. The molecule has 6 heteroatoms. The molecule has 2 rings (SSSR count). The largest absolute Gasteiger partial charge is 0.388 e. The number of hydrogen-bond donors (Lipinski definition) is 3. The molecule has 0 fully saturated rings. The Kier molecular flexibility index (Phi) is 10.1. The van der Waals surface area contributed by atoms with E-state index in [9.17, 15) is 5.11 Å². The third-order valence-electron chi connectivity index (χ3n) is 3.58. The van der Waals surface area contributed by atoms with E-state index in [0.29, 0.717) is 19.5 Å². The van der Waals surface area contributed by atoms with Crippen molar-refractivity contribution in [2.45, 2.75) is 32.9 Å². The van der Waals surface area contributed by atoms with Crippen LogP contribution >= 0.6 is 24.0 Å². The Morgan fingerprint density at radius 1 is 1.12 bits per heavy atom. The molecule has 0 amide bonds. The predicted octanol–water partition coefficient (Wildman–Crippen LogP) is 3.19. The van der Waals surface area contributed by atoms with Crippen molar-refractivity contribution in [3.8, 4) is 0 Å². The zero-order valence-electron chi connectivity index (χ0n) is 14.8. The maximum Gasteiger partial charge on any atom is 0.191 e. The second-order valence-corrected chi connectivity index (χ2v) is 5.61. The van der Waals surface area contributed by atoms with Crippen molar-refractivity contribution in [1.82, 2.24) is 15.6 Å². The molecule has 136 valence electrons. The van der Waals surface area contributed by atoms with Crippen LogP contribution in [0.15, 0.2) is 53.5 Å². The molecule has 1 heterocycles. The summed E-state index contributed by atoms with van der Waals surface area (Å²) in [6.45, 7) is 5.96. The first-order valence-electron chi connectivity index (χ1n) is 8.36. The lowest BCUT2D eigenvalue weighted by atomic mass is 10.1. The molecule has 25 heavy (non-hydrogen) atoms. The van der Waals surface area contributed by atoms with Gasteiger partial charge in [-0.05, 0) is 38.0 Å². The average molecular weight is 454 g/mol. The number of aryl methyl sites for hydroxylation is 1. The van der Waals surface area contributed by atoms with Crippen molar-refractivity contribution < 1.29 is 5.11 Å². The van der Waals surface area contributed by atoms with Gasteiger partial charge in [-0.3, -0.25) is 4.98 Å². The van der Waals surface area contributed by atoms with E-state index in [-0.39, 0.29) is 24.0 Å². The van der Waals surface area contributed by atoms with Crippen molar-refractivity contribution in [1.29, 1.82) is 0 Å². The average Bonchev–Trinajstić information content (AvgIpc) is 2.60. The number of pyridine rings is 1. The van der Waals surface area contributed by atoms with Crippen LogP contribution < -0.4 is 10.6 Å². The van der Waals surface area contributed by atoms with Gasteiger partial charge in [0.15, 0.2) is 5.96 Å². The molecule has 0 aliphatic carbocycles.